The van der Waals surface area contributed by atoms with E-state index < -0.39 is 0 Å². The standard InChI is InChI=1S/C21H26N2O2/c1-17-5-3-4-6-19(17)16-23-14-13-22(12-11-21(23)24)15-18-7-9-20(25-2)10-8-18/h3-10H,11-16H2,1-2H3. The Morgan fingerprint density at radius 2 is 1.72 bits per heavy atom. The summed E-state index contributed by atoms with van der Waals surface area (Å²) in [6, 6.07) is 16.5. The smallest absolute Gasteiger partial charge is 0.224 e. The Bertz CT molecular complexity index is 712. The van der Waals surface area contributed by atoms with Gasteiger partial charge in [-0.15, -0.1) is 0 Å². The van der Waals surface area contributed by atoms with Crippen molar-refractivity contribution < 1.29 is 9.53 Å². The Morgan fingerprint density at radius 1 is 0.960 bits per heavy atom. The van der Waals surface area contributed by atoms with Crippen LogP contribution in [-0.4, -0.2) is 42.5 Å². The van der Waals surface area contributed by atoms with E-state index in [1.807, 2.05) is 29.2 Å². The van der Waals surface area contributed by atoms with Crippen LogP contribution in [0.3, 0.4) is 0 Å². The summed E-state index contributed by atoms with van der Waals surface area (Å²) < 4.78 is 5.21. The van der Waals surface area contributed by atoms with E-state index in [0.29, 0.717) is 13.0 Å². The van der Waals surface area contributed by atoms with Gasteiger partial charge in [0, 0.05) is 39.1 Å². The lowest BCUT2D eigenvalue weighted by Gasteiger charge is -2.23. The maximum absolute atomic E-state index is 12.5. The number of amides is 1. The van der Waals surface area contributed by atoms with Crippen molar-refractivity contribution in [3.05, 3.63) is 65.2 Å². The number of nitrogens with zero attached hydrogens (tertiary/aromatic N) is 2. The summed E-state index contributed by atoms with van der Waals surface area (Å²) in [6.07, 6.45) is 0.585. The molecule has 2 aromatic carbocycles. The molecule has 0 unspecified atom stereocenters. The summed E-state index contributed by atoms with van der Waals surface area (Å²) in [5.74, 6) is 1.12. The van der Waals surface area contributed by atoms with Gasteiger partial charge in [-0.05, 0) is 35.7 Å². The van der Waals surface area contributed by atoms with Crippen LogP contribution in [0, 0.1) is 6.92 Å². The van der Waals surface area contributed by atoms with Crippen LogP contribution in [0.4, 0.5) is 0 Å². The fourth-order valence-corrected chi connectivity index (χ4v) is 3.22. The number of methoxy groups -OCH3 is 1. The molecule has 4 nitrogen and oxygen atoms in total. The number of ether oxygens (including phenoxy) is 1. The van der Waals surface area contributed by atoms with E-state index in [0.717, 1.165) is 31.9 Å². The summed E-state index contributed by atoms with van der Waals surface area (Å²) in [4.78, 5) is 16.8. The predicted molar refractivity (Wildman–Crippen MR) is 99.5 cm³/mol. The topological polar surface area (TPSA) is 32.8 Å². The van der Waals surface area contributed by atoms with Crippen LogP contribution < -0.4 is 4.74 Å². The van der Waals surface area contributed by atoms with E-state index in [1.54, 1.807) is 7.11 Å². The van der Waals surface area contributed by atoms with E-state index in [-0.39, 0.29) is 5.91 Å². The Kier molecular flexibility index (Phi) is 5.71. The average Bonchev–Trinajstić information content (AvgIpc) is 2.80. The summed E-state index contributed by atoms with van der Waals surface area (Å²) in [6.45, 7) is 6.19. The van der Waals surface area contributed by atoms with Crippen LogP contribution in [-0.2, 0) is 17.9 Å². The van der Waals surface area contributed by atoms with Gasteiger partial charge in [0.05, 0.1) is 7.11 Å². The van der Waals surface area contributed by atoms with Gasteiger partial charge >= 0.3 is 0 Å². The van der Waals surface area contributed by atoms with Crippen molar-refractivity contribution in [2.24, 2.45) is 0 Å². The van der Waals surface area contributed by atoms with Crippen molar-refractivity contribution in [1.82, 2.24) is 9.80 Å². The van der Waals surface area contributed by atoms with Gasteiger partial charge in [0.25, 0.3) is 0 Å². The lowest BCUT2D eigenvalue weighted by molar-refractivity contribution is -0.130. The number of aryl methyl sites for hydroxylation is 1. The van der Waals surface area contributed by atoms with Gasteiger partial charge in [0.2, 0.25) is 5.91 Å². The molecule has 1 heterocycles. The largest absolute Gasteiger partial charge is 0.497 e. The second kappa shape index (κ2) is 8.17. The molecule has 0 N–H and O–H groups in total. The summed E-state index contributed by atoms with van der Waals surface area (Å²) >= 11 is 0. The van der Waals surface area contributed by atoms with Crippen LogP contribution in [0.2, 0.25) is 0 Å². The van der Waals surface area contributed by atoms with Crippen LogP contribution in [0.25, 0.3) is 0 Å². The highest BCUT2D eigenvalue weighted by Gasteiger charge is 2.21. The molecule has 0 bridgehead atoms. The number of carbonyl (C=O) groups is 1. The van der Waals surface area contributed by atoms with E-state index >= 15 is 0 Å². The molecule has 0 radical (unpaired) electrons. The zero-order valence-electron chi connectivity index (χ0n) is 15.1. The molecule has 0 atom stereocenters. The minimum Gasteiger partial charge on any atom is -0.497 e. The lowest BCUT2D eigenvalue weighted by Crippen LogP contribution is -2.32. The summed E-state index contributed by atoms with van der Waals surface area (Å²) in [5, 5.41) is 0. The van der Waals surface area contributed by atoms with Crippen molar-refractivity contribution in [1.29, 1.82) is 0 Å². The van der Waals surface area contributed by atoms with E-state index in [9.17, 15) is 4.79 Å². The van der Waals surface area contributed by atoms with Gasteiger partial charge in [-0.2, -0.15) is 0 Å². The van der Waals surface area contributed by atoms with Crippen LogP contribution in [0.1, 0.15) is 23.1 Å². The Morgan fingerprint density at radius 3 is 2.44 bits per heavy atom. The van der Waals surface area contributed by atoms with Gasteiger partial charge < -0.3 is 9.64 Å². The third-order valence-electron chi connectivity index (χ3n) is 4.87. The van der Waals surface area contributed by atoms with Gasteiger partial charge in [-0.3, -0.25) is 9.69 Å². The first kappa shape index (κ1) is 17.5. The van der Waals surface area contributed by atoms with Crippen LogP contribution >= 0.6 is 0 Å². The molecule has 0 saturated carbocycles. The van der Waals surface area contributed by atoms with Crippen molar-refractivity contribution in [3.8, 4) is 5.75 Å². The van der Waals surface area contributed by atoms with E-state index in [1.165, 1.54) is 16.7 Å². The third-order valence-corrected chi connectivity index (χ3v) is 4.87. The number of rotatable bonds is 5. The molecule has 132 valence electrons. The van der Waals surface area contributed by atoms with Gasteiger partial charge in [0.1, 0.15) is 5.75 Å². The zero-order chi connectivity index (χ0) is 17.6. The Hall–Kier alpha value is -2.33. The highest BCUT2D eigenvalue weighted by molar-refractivity contribution is 5.76. The van der Waals surface area contributed by atoms with Crippen molar-refractivity contribution in [2.75, 3.05) is 26.7 Å². The molecule has 1 aliphatic rings. The van der Waals surface area contributed by atoms with Crippen molar-refractivity contribution >= 4 is 5.91 Å². The molecule has 1 aliphatic heterocycles. The van der Waals surface area contributed by atoms with Gasteiger partial charge in [0.15, 0.2) is 0 Å². The predicted octanol–water partition coefficient (Wildman–Crippen LogP) is 3.24. The van der Waals surface area contributed by atoms with Crippen LogP contribution in [0.5, 0.6) is 5.75 Å². The fourth-order valence-electron chi connectivity index (χ4n) is 3.22. The molecule has 3 rings (SSSR count). The number of hydrogen-bond acceptors (Lipinski definition) is 3. The second-order valence-corrected chi connectivity index (χ2v) is 6.62. The molecule has 0 aromatic heterocycles. The Balaban J connectivity index is 1.60. The molecule has 4 heteroatoms. The SMILES string of the molecule is COc1ccc(CN2CCC(=O)N(Cc3ccccc3C)CC2)cc1. The Labute approximate surface area is 150 Å². The van der Waals surface area contributed by atoms with Gasteiger partial charge in [-0.25, -0.2) is 0 Å². The number of hydrogen-bond donors (Lipinski definition) is 0. The zero-order valence-corrected chi connectivity index (χ0v) is 15.1. The molecule has 0 spiro atoms. The van der Waals surface area contributed by atoms with Gasteiger partial charge in [-0.1, -0.05) is 36.4 Å². The van der Waals surface area contributed by atoms with Crippen LogP contribution in [0.15, 0.2) is 48.5 Å². The maximum atomic E-state index is 12.5. The quantitative estimate of drug-likeness (QED) is 0.839. The highest BCUT2D eigenvalue weighted by atomic mass is 16.5. The fraction of sp³-hybridized carbons (Fsp3) is 0.381. The lowest BCUT2D eigenvalue weighted by atomic mass is 10.1. The maximum Gasteiger partial charge on any atom is 0.224 e. The van der Waals surface area contributed by atoms with Crippen molar-refractivity contribution in [2.45, 2.75) is 26.4 Å². The second-order valence-electron chi connectivity index (χ2n) is 6.62. The average molecular weight is 338 g/mol. The molecule has 0 aliphatic carbocycles. The number of carbonyl (C=O) groups excluding carboxylic acids is 1. The molecular formula is C21H26N2O2. The normalized spacial score (nSPS) is 15.9. The molecular weight excluding hydrogens is 312 g/mol. The summed E-state index contributed by atoms with van der Waals surface area (Å²) in [5.41, 5.74) is 3.73. The molecule has 1 saturated heterocycles. The molecule has 1 fully saturated rings. The minimum atomic E-state index is 0.250. The first-order valence-corrected chi connectivity index (χ1v) is 8.83. The molecule has 1 amide bonds. The van der Waals surface area contributed by atoms with E-state index in [2.05, 4.69) is 36.1 Å². The first-order chi connectivity index (χ1) is 12.2. The molecule has 25 heavy (non-hydrogen) atoms. The highest BCUT2D eigenvalue weighted by Crippen LogP contribution is 2.16. The van der Waals surface area contributed by atoms with E-state index in [4.69, 9.17) is 4.74 Å². The third kappa shape index (κ3) is 4.60. The molecule has 2 aromatic rings. The van der Waals surface area contributed by atoms with Crippen molar-refractivity contribution in [3.63, 3.8) is 0 Å². The minimum absolute atomic E-state index is 0.250. The number of benzene rings is 2. The summed E-state index contributed by atoms with van der Waals surface area (Å²) in [7, 11) is 1.68. The first-order valence-electron chi connectivity index (χ1n) is 8.83. The monoisotopic (exact) mass is 338 g/mol.